The van der Waals surface area contributed by atoms with Crippen LogP contribution < -0.4 is 0 Å². The molecule has 1 saturated carbocycles. The average molecular weight is 374 g/mol. The van der Waals surface area contributed by atoms with Crippen molar-refractivity contribution in [2.45, 2.75) is 51.6 Å². The van der Waals surface area contributed by atoms with E-state index >= 15 is 0 Å². The van der Waals surface area contributed by atoms with Gasteiger partial charge in [-0.2, -0.15) is 0 Å². The third-order valence-corrected chi connectivity index (χ3v) is 4.97. The summed E-state index contributed by atoms with van der Waals surface area (Å²) in [4.78, 5) is 12.6. The maximum absolute atomic E-state index is 12.6. The molecule has 0 aromatic heterocycles. The molecule has 116 valence electrons. The van der Waals surface area contributed by atoms with Crippen LogP contribution in [0.1, 0.15) is 44.6 Å². The van der Waals surface area contributed by atoms with Gasteiger partial charge in [0.25, 0.3) is 0 Å². The first-order valence-electron chi connectivity index (χ1n) is 7.70. The zero-order valence-electron chi connectivity index (χ0n) is 12.4. The van der Waals surface area contributed by atoms with Gasteiger partial charge in [0.1, 0.15) is 6.10 Å². The second-order valence-electron chi connectivity index (χ2n) is 5.65. The molecule has 0 heterocycles. The highest BCUT2D eigenvalue weighted by molar-refractivity contribution is 9.10. The Balaban J connectivity index is 2.07. The van der Waals surface area contributed by atoms with Crippen LogP contribution in [0.2, 0.25) is 5.02 Å². The maximum atomic E-state index is 12.6. The van der Waals surface area contributed by atoms with Crippen LogP contribution in [0.5, 0.6) is 0 Å². The van der Waals surface area contributed by atoms with E-state index in [4.69, 9.17) is 16.3 Å². The molecule has 1 aromatic carbocycles. The molecule has 0 N–H and O–H groups in total. The van der Waals surface area contributed by atoms with Crippen LogP contribution in [0.25, 0.3) is 0 Å². The van der Waals surface area contributed by atoms with Crippen LogP contribution in [0.3, 0.4) is 0 Å². The Morgan fingerprint density at radius 2 is 2.10 bits per heavy atom. The Morgan fingerprint density at radius 3 is 2.71 bits per heavy atom. The summed E-state index contributed by atoms with van der Waals surface area (Å²) in [6.45, 7) is 2.54. The lowest BCUT2D eigenvalue weighted by Gasteiger charge is -2.29. The average Bonchev–Trinajstić information content (AvgIpc) is 2.48. The van der Waals surface area contributed by atoms with Gasteiger partial charge in [-0.25, -0.2) is 0 Å². The number of carbonyl (C=O) groups is 1. The first kappa shape index (κ1) is 17.0. The Morgan fingerprint density at radius 1 is 1.38 bits per heavy atom. The van der Waals surface area contributed by atoms with Gasteiger partial charge in [0.2, 0.25) is 0 Å². The molecule has 1 unspecified atom stereocenters. The fourth-order valence-electron chi connectivity index (χ4n) is 3.06. The number of halogens is 2. The Hall–Kier alpha value is -0.380. The number of rotatable bonds is 6. The van der Waals surface area contributed by atoms with Gasteiger partial charge in [-0.05, 0) is 43.4 Å². The third kappa shape index (κ3) is 4.80. The van der Waals surface area contributed by atoms with Gasteiger partial charge in [-0.15, -0.1) is 0 Å². The Kier molecular flexibility index (Phi) is 6.72. The van der Waals surface area contributed by atoms with Gasteiger partial charge < -0.3 is 4.74 Å². The summed E-state index contributed by atoms with van der Waals surface area (Å²) in [6, 6.07) is 5.67. The molecule has 1 aliphatic rings. The van der Waals surface area contributed by atoms with Crippen molar-refractivity contribution in [3.8, 4) is 0 Å². The van der Waals surface area contributed by atoms with Crippen LogP contribution in [-0.4, -0.2) is 18.5 Å². The Labute approximate surface area is 140 Å². The first-order chi connectivity index (χ1) is 10.1. The summed E-state index contributed by atoms with van der Waals surface area (Å²) in [7, 11) is 0. The van der Waals surface area contributed by atoms with E-state index in [1.165, 1.54) is 19.3 Å². The van der Waals surface area contributed by atoms with E-state index in [1.807, 2.05) is 25.1 Å². The Bertz CT molecular complexity index is 484. The fourth-order valence-corrected chi connectivity index (χ4v) is 3.80. The van der Waals surface area contributed by atoms with Crippen molar-refractivity contribution in [1.82, 2.24) is 0 Å². The van der Waals surface area contributed by atoms with E-state index in [0.29, 0.717) is 24.0 Å². The summed E-state index contributed by atoms with van der Waals surface area (Å²) in [5.74, 6) is 0.536. The normalized spacial score (nSPS) is 17.7. The van der Waals surface area contributed by atoms with Gasteiger partial charge in [0, 0.05) is 22.5 Å². The van der Waals surface area contributed by atoms with Crippen molar-refractivity contribution >= 4 is 33.3 Å². The van der Waals surface area contributed by atoms with Crippen molar-refractivity contribution in [2.75, 3.05) is 6.61 Å². The smallest absolute Gasteiger partial charge is 0.166 e. The standard InChI is InChI=1S/C17H22BrClO2/c1-2-21-17(12-6-4-3-5-7-12)16(20)10-13-8-9-14(18)11-15(13)19/h8-9,11-12,17H,2-7,10H2,1H3. The maximum Gasteiger partial charge on any atom is 0.166 e. The molecule has 0 spiro atoms. The van der Waals surface area contributed by atoms with Gasteiger partial charge >= 0.3 is 0 Å². The predicted molar refractivity (Wildman–Crippen MR) is 89.9 cm³/mol. The zero-order chi connectivity index (χ0) is 15.2. The van der Waals surface area contributed by atoms with Crippen molar-refractivity contribution in [1.29, 1.82) is 0 Å². The van der Waals surface area contributed by atoms with E-state index in [-0.39, 0.29) is 11.9 Å². The first-order valence-corrected chi connectivity index (χ1v) is 8.87. The molecule has 0 amide bonds. The lowest BCUT2D eigenvalue weighted by Crippen LogP contribution is -2.35. The van der Waals surface area contributed by atoms with Crippen molar-refractivity contribution < 1.29 is 9.53 Å². The van der Waals surface area contributed by atoms with E-state index in [1.54, 1.807) is 0 Å². The molecule has 1 fully saturated rings. The topological polar surface area (TPSA) is 26.3 Å². The lowest BCUT2D eigenvalue weighted by molar-refractivity contribution is -0.134. The second-order valence-corrected chi connectivity index (χ2v) is 6.98. The van der Waals surface area contributed by atoms with E-state index in [2.05, 4.69) is 15.9 Å². The molecule has 0 aliphatic heterocycles. The number of ether oxygens (including phenoxy) is 1. The molecule has 1 aliphatic carbocycles. The predicted octanol–water partition coefficient (Wildman–Crippen LogP) is 5.20. The summed E-state index contributed by atoms with van der Waals surface area (Å²) in [5.41, 5.74) is 0.880. The summed E-state index contributed by atoms with van der Waals surface area (Å²) in [5, 5.41) is 0.636. The molecule has 4 heteroatoms. The van der Waals surface area contributed by atoms with E-state index < -0.39 is 0 Å². The minimum atomic E-state index is -0.269. The highest BCUT2D eigenvalue weighted by Gasteiger charge is 2.30. The highest BCUT2D eigenvalue weighted by atomic mass is 79.9. The van der Waals surface area contributed by atoms with Crippen LogP contribution >= 0.6 is 27.5 Å². The van der Waals surface area contributed by atoms with Gasteiger partial charge in [-0.1, -0.05) is 52.9 Å². The number of carbonyl (C=O) groups excluding carboxylic acids is 1. The van der Waals surface area contributed by atoms with Gasteiger partial charge in [-0.3, -0.25) is 4.79 Å². The zero-order valence-corrected chi connectivity index (χ0v) is 14.8. The molecular weight excluding hydrogens is 352 g/mol. The summed E-state index contributed by atoms with van der Waals surface area (Å²) >= 11 is 9.60. The van der Waals surface area contributed by atoms with Crippen molar-refractivity contribution in [3.63, 3.8) is 0 Å². The van der Waals surface area contributed by atoms with E-state index in [0.717, 1.165) is 22.9 Å². The van der Waals surface area contributed by atoms with Crippen molar-refractivity contribution in [3.05, 3.63) is 33.3 Å². The monoisotopic (exact) mass is 372 g/mol. The fraction of sp³-hybridized carbons (Fsp3) is 0.588. The molecule has 0 radical (unpaired) electrons. The highest BCUT2D eigenvalue weighted by Crippen LogP contribution is 2.30. The SMILES string of the molecule is CCOC(C(=O)Cc1ccc(Br)cc1Cl)C1CCCCC1. The van der Waals surface area contributed by atoms with Crippen LogP contribution in [0.15, 0.2) is 22.7 Å². The van der Waals surface area contributed by atoms with Crippen LogP contribution in [0, 0.1) is 5.92 Å². The lowest BCUT2D eigenvalue weighted by atomic mass is 9.82. The molecule has 1 atom stereocenters. The molecular formula is C17H22BrClO2. The van der Waals surface area contributed by atoms with E-state index in [9.17, 15) is 4.79 Å². The number of benzene rings is 1. The van der Waals surface area contributed by atoms with Crippen molar-refractivity contribution in [2.24, 2.45) is 5.92 Å². The van der Waals surface area contributed by atoms with Crippen LogP contribution in [0.4, 0.5) is 0 Å². The minimum absolute atomic E-state index is 0.160. The molecule has 0 bridgehead atoms. The third-order valence-electron chi connectivity index (χ3n) is 4.12. The second kappa shape index (κ2) is 8.30. The van der Waals surface area contributed by atoms with Crippen LogP contribution in [-0.2, 0) is 16.0 Å². The number of ketones is 1. The summed E-state index contributed by atoms with van der Waals surface area (Å²) < 4.78 is 6.71. The number of Topliss-reactive ketones (excluding diaryl/α,β-unsaturated/α-hetero) is 1. The molecule has 0 saturated heterocycles. The summed E-state index contributed by atoms with van der Waals surface area (Å²) in [6.07, 6.45) is 5.99. The minimum Gasteiger partial charge on any atom is -0.370 e. The van der Waals surface area contributed by atoms with Gasteiger partial charge in [0.05, 0.1) is 0 Å². The number of hydrogen-bond donors (Lipinski definition) is 0. The molecule has 21 heavy (non-hydrogen) atoms. The van der Waals surface area contributed by atoms with Gasteiger partial charge in [0.15, 0.2) is 5.78 Å². The quantitative estimate of drug-likeness (QED) is 0.685. The molecule has 1 aromatic rings. The number of hydrogen-bond acceptors (Lipinski definition) is 2. The molecule has 2 rings (SSSR count). The molecule has 2 nitrogen and oxygen atoms in total. The largest absolute Gasteiger partial charge is 0.370 e.